The number of aryl methyl sites for hydroxylation is 1. The number of carbonyl (C=O) groups excluding carboxylic acids is 1. The maximum Gasteiger partial charge on any atom is 0.257 e. The molecule has 1 amide bonds. The van der Waals surface area contributed by atoms with Crippen LogP contribution in [0.15, 0.2) is 48.7 Å². The van der Waals surface area contributed by atoms with Crippen LogP contribution in [0.1, 0.15) is 34.3 Å². The summed E-state index contributed by atoms with van der Waals surface area (Å²) in [6.45, 7) is 2.48. The van der Waals surface area contributed by atoms with E-state index in [1.807, 2.05) is 30.3 Å². The molecule has 0 aliphatic carbocycles. The minimum absolute atomic E-state index is 0.258. The van der Waals surface area contributed by atoms with Crippen molar-refractivity contribution in [1.29, 1.82) is 0 Å². The van der Waals surface area contributed by atoms with E-state index in [2.05, 4.69) is 27.4 Å². The highest BCUT2D eigenvalue weighted by Crippen LogP contribution is 2.18. The Balaban J connectivity index is 1.62. The van der Waals surface area contributed by atoms with Crippen LogP contribution >= 0.6 is 11.3 Å². The first-order valence-electron chi connectivity index (χ1n) is 8.01. The zero-order valence-electron chi connectivity index (χ0n) is 13.8. The van der Waals surface area contributed by atoms with Crippen molar-refractivity contribution in [2.45, 2.75) is 26.4 Å². The highest BCUT2D eigenvalue weighted by molar-refractivity contribution is 7.15. The molecule has 0 saturated carbocycles. The standard InChI is InChI=1S/C18H18N4O2S/c1-2-6-16-21-22-18(25-16)20-17(23)14-9-10-19-15(11-14)24-12-13-7-4-3-5-8-13/h3-5,7-11H,2,6,12H2,1H3,(H,20,22,23). The fourth-order valence-electron chi connectivity index (χ4n) is 2.15. The van der Waals surface area contributed by atoms with E-state index >= 15 is 0 Å². The van der Waals surface area contributed by atoms with Gasteiger partial charge in [0.25, 0.3) is 5.91 Å². The molecule has 3 aromatic rings. The molecule has 6 nitrogen and oxygen atoms in total. The zero-order valence-corrected chi connectivity index (χ0v) is 14.6. The summed E-state index contributed by atoms with van der Waals surface area (Å²) in [7, 11) is 0. The Morgan fingerprint density at radius 3 is 2.84 bits per heavy atom. The van der Waals surface area contributed by atoms with E-state index in [9.17, 15) is 4.79 Å². The van der Waals surface area contributed by atoms with Crippen LogP contribution in [0.2, 0.25) is 0 Å². The molecule has 0 aliphatic rings. The number of aromatic nitrogens is 3. The van der Waals surface area contributed by atoms with Gasteiger partial charge in [0.1, 0.15) is 11.6 Å². The second kappa shape index (κ2) is 8.34. The Morgan fingerprint density at radius 2 is 2.04 bits per heavy atom. The van der Waals surface area contributed by atoms with Crippen LogP contribution in [0.4, 0.5) is 5.13 Å². The molecular formula is C18H18N4O2S. The Morgan fingerprint density at radius 1 is 1.20 bits per heavy atom. The average molecular weight is 354 g/mol. The fourth-order valence-corrected chi connectivity index (χ4v) is 2.99. The molecule has 2 heterocycles. The smallest absolute Gasteiger partial charge is 0.257 e. The summed E-state index contributed by atoms with van der Waals surface area (Å²) in [6.07, 6.45) is 3.41. The predicted octanol–water partition coefficient (Wildman–Crippen LogP) is 3.72. The normalized spacial score (nSPS) is 10.4. The van der Waals surface area contributed by atoms with Crippen LogP contribution in [0.3, 0.4) is 0 Å². The number of hydrogen-bond donors (Lipinski definition) is 1. The highest BCUT2D eigenvalue weighted by atomic mass is 32.1. The van der Waals surface area contributed by atoms with Crippen molar-refractivity contribution in [2.24, 2.45) is 0 Å². The van der Waals surface area contributed by atoms with E-state index < -0.39 is 0 Å². The lowest BCUT2D eigenvalue weighted by Crippen LogP contribution is -2.12. The second-order valence-corrected chi connectivity index (χ2v) is 6.42. The first-order chi connectivity index (χ1) is 12.2. The van der Waals surface area contributed by atoms with Crippen LogP contribution in [0.5, 0.6) is 5.88 Å². The van der Waals surface area contributed by atoms with E-state index in [1.165, 1.54) is 11.3 Å². The molecule has 0 radical (unpaired) electrons. The summed E-state index contributed by atoms with van der Waals surface area (Å²) in [5.41, 5.74) is 1.50. The molecule has 0 aliphatic heterocycles. The minimum Gasteiger partial charge on any atom is -0.473 e. The van der Waals surface area contributed by atoms with Gasteiger partial charge >= 0.3 is 0 Å². The number of pyridine rings is 1. The van der Waals surface area contributed by atoms with Gasteiger partial charge in [0, 0.05) is 24.2 Å². The number of benzene rings is 1. The van der Waals surface area contributed by atoms with Crippen LogP contribution in [-0.2, 0) is 13.0 Å². The summed E-state index contributed by atoms with van der Waals surface area (Å²) < 4.78 is 5.65. The number of hydrogen-bond acceptors (Lipinski definition) is 6. The van der Waals surface area contributed by atoms with Crippen molar-refractivity contribution in [3.63, 3.8) is 0 Å². The number of ether oxygens (including phenoxy) is 1. The average Bonchev–Trinajstić information content (AvgIpc) is 3.08. The second-order valence-electron chi connectivity index (χ2n) is 5.36. The number of amides is 1. The summed E-state index contributed by atoms with van der Waals surface area (Å²) in [6, 6.07) is 13.0. The summed E-state index contributed by atoms with van der Waals surface area (Å²) >= 11 is 1.39. The molecule has 128 valence electrons. The number of rotatable bonds is 7. The molecular weight excluding hydrogens is 336 g/mol. The largest absolute Gasteiger partial charge is 0.473 e. The first kappa shape index (κ1) is 17.0. The molecule has 1 N–H and O–H groups in total. The van der Waals surface area contributed by atoms with Crippen molar-refractivity contribution in [1.82, 2.24) is 15.2 Å². The lowest BCUT2D eigenvalue weighted by molar-refractivity contribution is 0.102. The topological polar surface area (TPSA) is 77.0 Å². The quantitative estimate of drug-likeness (QED) is 0.700. The van der Waals surface area contributed by atoms with Gasteiger partial charge < -0.3 is 4.74 Å². The van der Waals surface area contributed by atoms with Gasteiger partial charge in [-0.05, 0) is 18.1 Å². The van der Waals surface area contributed by atoms with Crippen molar-refractivity contribution in [2.75, 3.05) is 5.32 Å². The SMILES string of the molecule is CCCc1nnc(NC(=O)c2ccnc(OCc3ccccc3)c2)s1. The molecule has 0 bridgehead atoms. The minimum atomic E-state index is -0.258. The third-order valence-electron chi connectivity index (χ3n) is 3.38. The van der Waals surface area contributed by atoms with Gasteiger partial charge in [-0.3, -0.25) is 10.1 Å². The van der Waals surface area contributed by atoms with Crippen molar-refractivity contribution >= 4 is 22.4 Å². The van der Waals surface area contributed by atoms with Crippen molar-refractivity contribution in [3.8, 4) is 5.88 Å². The van der Waals surface area contributed by atoms with Gasteiger partial charge in [0.05, 0.1) is 0 Å². The lowest BCUT2D eigenvalue weighted by Gasteiger charge is -2.07. The van der Waals surface area contributed by atoms with Crippen LogP contribution in [0, 0.1) is 0 Å². The molecule has 0 unspecified atom stereocenters. The third-order valence-corrected chi connectivity index (χ3v) is 4.28. The van der Waals surface area contributed by atoms with Gasteiger partial charge in [-0.2, -0.15) is 0 Å². The van der Waals surface area contributed by atoms with E-state index in [0.29, 0.717) is 23.2 Å². The number of carbonyl (C=O) groups is 1. The molecule has 25 heavy (non-hydrogen) atoms. The fraction of sp³-hybridized carbons (Fsp3) is 0.222. The van der Waals surface area contributed by atoms with Crippen LogP contribution < -0.4 is 10.1 Å². The Kier molecular flexibility index (Phi) is 5.69. The predicted molar refractivity (Wildman–Crippen MR) is 96.9 cm³/mol. The summed E-state index contributed by atoms with van der Waals surface area (Å²) in [5.74, 6) is 0.145. The Hall–Kier alpha value is -2.80. The van der Waals surface area contributed by atoms with Crippen molar-refractivity contribution < 1.29 is 9.53 Å². The van der Waals surface area contributed by atoms with Gasteiger partial charge in [-0.25, -0.2) is 4.98 Å². The van der Waals surface area contributed by atoms with Gasteiger partial charge in [0.2, 0.25) is 11.0 Å². The Labute approximate surface area is 149 Å². The first-order valence-corrected chi connectivity index (χ1v) is 8.82. The Bertz CT molecular complexity index is 836. The molecule has 7 heteroatoms. The molecule has 2 aromatic heterocycles. The lowest BCUT2D eigenvalue weighted by atomic mass is 10.2. The summed E-state index contributed by atoms with van der Waals surface area (Å²) in [4.78, 5) is 16.5. The third kappa shape index (κ3) is 4.84. The number of nitrogens with zero attached hydrogens (tertiary/aromatic N) is 3. The van der Waals surface area contributed by atoms with E-state index in [1.54, 1.807) is 18.3 Å². The molecule has 0 saturated heterocycles. The molecule has 3 rings (SSSR count). The summed E-state index contributed by atoms with van der Waals surface area (Å²) in [5, 5.41) is 12.2. The van der Waals surface area contributed by atoms with Gasteiger partial charge in [-0.15, -0.1) is 10.2 Å². The molecule has 0 atom stereocenters. The maximum atomic E-state index is 12.4. The highest BCUT2D eigenvalue weighted by Gasteiger charge is 2.11. The number of anilines is 1. The monoisotopic (exact) mass is 354 g/mol. The molecule has 0 spiro atoms. The van der Waals surface area contributed by atoms with E-state index in [0.717, 1.165) is 23.4 Å². The number of nitrogens with one attached hydrogen (secondary N) is 1. The van der Waals surface area contributed by atoms with Gasteiger partial charge in [-0.1, -0.05) is 48.6 Å². The maximum absolute atomic E-state index is 12.4. The zero-order chi connectivity index (χ0) is 17.5. The van der Waals surface area contributed by atoms with Crippen molar-refractivity contribution in [3.05, 3.63) is 64.8 Å². The molecule has 1 aromatic carbocycles. The van der Waals surface area contributed by atoms with Crippen LogP contribution in [0.25, 0.3) is 0 Å². The van der Waals surface area contributed by atoms with Crippen LogP contribution in [-0.4, -0.2) is 21.1 Å². The van der Waals surface area contributed by atoms with Gasteiger partial charge in [0.15, 0.2) is 0 Å². The van der Waals surface area contributed by atoms with E-state index in [4.69, 9.17) is 4.74 Å². The molecule has 0 fully saturated rings. The van der Waals surface area contributed by atoms with E-state index in [-0.39, 0.29) is 5.91 Å².